The average Bonchev–Trinajstić information content (AvgIpc) is 2.71. The normalized spacial score (nSPS) is 16.2. The van der Waals surface area contributed by atoms with E-state index in [2.05, 4.69) is 10.3 Å². The molecule has 1 aliphatic rings. The Bertz CT molecular complexity index is 872. The van der Waals surface area contributed by atoms with Gasteiger partial charge in [0.25, 0.3) is 11.8 Å². The molecule has 2 amide bonds. The van der Waals surface area contributed by atoms with E-state index in [0.29, 0.717) is 48.1 Å². The minimum absolute atomic E-state index is 0.00163. The van der Waals surface area contributed by atoms with Gasteiger partial charge in [0.05, 0.1) is 17.7 Å². The molecular formula is C22H26ClN3O3. The number of pyridine rings is 1. The fourth-order valence-corrected chi connectivity index (χ4v) is 3.46. The van der Waals surface area contributed by atoms with Gasteiger partial charge in [-0.3, -0.25) is 14.6 Å². The zero-order valence-electron chi connectivity index (χ0n) is 16.6. The van der Waals surface area contributed by atoms with Crippen molar-refractivity contribution in [2.24, 2.45) is 0 Å². The summed E-state index contributed by atoms with van der Waals surface area (Å²) >= 11 is 6.04. The molecule has 0 saturated carbocycles. The molecule has 0 unspecified atom stereocenters. The van der Waals surface area contributed by atoms with Crippen LogP contribution in [0.3, 0.4) is 0 Å². The molecule has 154 valence electrons. The number of amides is 2. The van der Waals surface area contributed by atoms with E-state index in [9.17, 15) is 9.59 Å². The lowest BCUT2D eigenvalue weighted by molar-refractivity contribution is 0.0744. The summed E-state index contributed by atoms with van der Waals surface area (Å²) in [6.45, 7) is 4.23. The monoisotopic (exact) mass is 415 g/mol. The number of hydrogen-bond donors (Lipinski definition) is 1. The molecule has 0 fully saturated rings. The highest BCUT2D eigenvalue weighted by atomic mass is 35.5. The lowest BCUT2D eigenvalue weighted by Gasteiger charge is -2.23. The molecule has 2 heterocycles. The molecule has 1 N–H and O–H groups in total. The fraction of sp³-hybridized carbons (Fsp3) is 0.409. The summed E-state index contributed by atoms with van der Waals surface area (Å²) in [5.74, 6) is 0.333. The van der Waals surface area contributed by atoms with Gasteiger partial charge in [-0.15, -0.1) is 0 Å². The SMILES string of the molecule is Cc1cncc(C(=O)N2CCCCNC(=O)c3cc(Cl)ccc3OCCCC2)c1. The molecular weight excluding hydrogens is 390 g/mol. The van der Waals surface area contributed by atoms with Gasteiger partial charge >= 0.3 is 0 Å². The summed E-state index contributed by atoms with van der Waals surface area (Å²) in [7, 11) is 0. The van der Waals surface area contributed by atoms with Gasteiger partial charge < -0.3 is 15.0 Å². The molecule has 29 heavy (non-hydrogen) atoms. The van der Waals surface area contributed by atoms with E-state index in [-0.39, 0.29) is 11.8 Å². The Morgan fingerprint density at radius 2 is 1.93 bits per heavy atom. The molecule has 0 saturated heterocycles. The van der Waals surface area contributed by atoms with E-state index in [1.54, 1.807) is 30.6 Å². The number of aromatic nitrogens is 1. The summed E-state index contributed by atoms with van der Waals surface area (Å²) in [6, 6.07) is 6.94. The predicted octanol–water partition coefficient (Wildman–Crippen LogP) is 3.87. The Morgan fingerprint density at radius 1 is 1.14 bits per heavy atom. The topological polar surface area (TPSA) is 71.5 Å². The number of aryl methyl sites for hydroxylation is 1. The van der Waals surface area contributed by atoms with Crippen molar-refractivity contribution >= 4 is 23.4 Å². The van der Waals surface area contributed by atoms with Crippen molar-refractivity contribution in [1.29, 1.82) is 0 Å². The lowest BCUT2D eigenvalue weighted by atomic mass is 10.1. The molecule has 6 nitrogen and oxygen atoms in total. The third kappa shape index (κ3) is 5.94. The predicted molar refractivity (Wildman–Crippen MR) is 113 cm³/mol. The molecule has 0 radical (unpaired) electrons. The van der Waals surface area contributed by atoms with Crippen molar-refractivity contribution in [2.75, 3.05) is 26.2 Å². The van der Waals surface area contributed by atoms with Crippen LogP contribution < -0.4 is 10.1 Å². The van der Waals surface area contributed by atoms with E-state index in [4.69, 9.17) is 16.3 Å². The second-order valence-electron chi connectivity index (χ2n) is 7.20. The number of benzene rings is 1. The van der Waals surface area contributed by atoms with Crippen molar-refractivity contribution < 1.29 is 14.3 Å². The maximum atomic E-state index is 12.9. The van der Waals surface area contributed by atoms with Gasteiger partial charge in [-0.05, 0) is 62.4 Å². The van der Waals surface area contributed by atoms with Crippen LogP contribution in [0.5, 0.6) is 5.75 Å². The van der Waals surface area contributed by atoms with Gasteiger partial charge in [0.2, 0.25) is 0 Å². The molecule has 0 bridgehead atoms. The number of ether oxygens (including phenoxy) is 1. The van der Waals surface area contributed by atoms with Crippen LogP contribution in [0, 0.1) is 6.92 Å². The number of nitrogens with zero attached hydrogens (tertiary/aromatic N) is 2. The highest BCUT2D eigenvalue weighted by molar-refractivity contribution is 6.31. The van der Waals surface area contributed by atoms with Crippen molar-refractivity contribution in [1.82, 2.24) is 15.2 Å². The number of halogens is 1. The fourth-order valence-electron chi connectivity index (χ4n) is 3.29. The van der Waals surface area contributed by atoms with Crippen LogP contribution in [0.1, 0.15) is 52.0 Å². The summed E-state index contributed by atoms with van der Waals surface area (Å²) in [6.07, 6.45) is 6.54. The standard InChI is InChI=1S/C22H26ClN3O3/c1-16-12-17(15-24-14-16)22(28)26-9-3-2-8-25-21(27)19-13-18(23)6-7-20(19)29-11-5-4-10-26/h6-7,12-15H,2-5,8-11H2,1H3,(H,25,27). The molecule has 0 aliphatic carbocycles. The van der Waals surface area contributed by atoms with E-state index >= 15 is 0 Å². The van der Waals surface area contributed by atoms with Crippen LogP contribution in [0.2, 0.25) is 5.02 Å². The number of nitrogens with one attached hydrogen (secondary N) is 1. The van der Waals surface area contributed by atoms with Crippen LogP contribution in [0.15, 0.2) is 36.7 Å². The van der Waals surface area contributed by atoms with Gasteiger partial charge in [0.1, 0.15) is 5.75 Å². The number of carbonyl (C=O) groups excluding carboxylic acids is 2. The highest BCUT2D eigenvalue weighted by Gasteiger charge is 2.17. The second-order valence-corrected chi connectivity index (χ2v) is 7.64. The first-order valence-electron chi connectivity index (χ1n) is 9.96. The zero-order valence-corrected chi connectivity index (χ0v) is 17.4. The van der Waals surface area contributed by atoms with E-state index < -0.39 is 0 Å². The Labute approximate surface area is 176 Å². The smallest absolute Gasteiger partial charge is 0.255 e. The Hall–Kier alpha value is -2.60. The van der Waals surface area contributed by atoms with Gasteiger partial charge in [0, 0.05) is 37.1 Å². The zero-order chi connectivity index (χ0) is 20.6. The first kappa shape index (κ1) is 21.1. The molecule has 3 rings (SSSR count). The van der Waals surface area contributed by atoms with Gasteiger partial charge in [-0.25, -0.2) is 0 Å². The second kappa shape index (κ2) is 10.3. The largest absolute Gasteiger partial charge is 0.493 e. The first-order chi connectivity index (χ1) is 14.0. The highest BCUT2D eigenvalue weighted by Crippen LogP contribution is 2.23. The van der Waals surface area contributed by atoms with E-state index in [0.717, 1.165) is 31.2 Å². The van der Waals surface area contributed by atoms with Crippen LogP contribution in [-0.4, -0.2) is 47.9 Å². The summed E-state index contributed by atoms with van der Waals surface area (Å²) in [4.78, 5) is 31.4. The maximum absolute atomic E-state index is 12.9. The molecule has 0 atom stereocenters. The van der Waals surface area contributed by atoms with Crippen molar-refractivity contribution in [3.8, 4) is 5.75 Å². The summed E-state index contributed by atoms with van der Waals surface area (Å²) in [5, 5.41) is 3.42. The lowest BCUT2D eigenvalue weighted by Crippen LogP contribution is -2.34. The molecule has 1 aromatic carbocycles. The third-order valence-electron chi connectivity index (χ3n) is 4.82. The third-order valence-corrected chi connectivity index (χ3v) is 5.05. The van der Waals surface area contributed by atoms with Gasteiger partial charge in [-0.2, -0.15) is 0 Å². The minimum Gasteiger partial charge on any atom is -0.493 e. The van der Waals surface area contributed by atoms with Crippen LogP contribution in [0.25, 0.3) is 0 Å². The van der Waals surface area contributed by atoms with E-state index in [1.807, 2.05) is 17.9 Å². The summed E-state index contributed by atoms with van der Waals surface area (Å²) < 4.78 is 5.82. The van der Waals surface area contributed by atoms with Crippen LogP contribution in [0.4, 0.5) is 0 Å². The van der Waals surface area contributed by atoms with Gasteiger partial charge in [0.15, 0.2) is 0 Å². The van der Waals surface area contributed by atoms with E-state index in [1.165, 1.54) is 0 Å². The molecule has 1 aliphatic heterocycles. The first-order valence-corrected chi connectivity index (χ1v) is 10.3. The molecule has 1 aromatic heterocycles. The Balaban J connectivity index is 1.68. The number of carbonyl (C=O) groups is 2. The molecule has 0 spiro atoms. The summed E-state index contributed by atoms with van der Waals surface area (Å²) in [5.41, 5.74) is 2.03. The van der Waals surface area contributed by atoms with Crippen molar-refractivity contribution in [3.63, 3.8) is 0 Å². The molecule has 7 heteroatoms. The minimum atomic E-state index is -0.196. The Morgan fingerprint density at radius 3 is 2.72 bits per heavy atom. The number of hydrogen-bond acceptors (Lipinski definition) is 4. The van der Waals surface area contributed by atoms with Gasteiger partial charge in [-0.1, -0.05) is 11.6 Å². The quantitative estimate of drug-likeness (QED) is 0.767. The average molecular weight is 416 g/mol. The maximum Gasteiger partial charge on any atom is 0.255 e. The number of fused-ring (bicyclic) bond motifs is 1. The van der Waals surface area contributed by atoms with Crippen molar-refractivity contribution in [3.05, 3.63) is 58.4 Å². The van der Waals surface area contributed by atoms with Crippen LogP contribution >= 0.6 is 11.6 Å². The molecule has 2 aromatic rings. The van der Waals surface area contributed by atoms with Crippen molar-refractivity contribution in [2.45, 2.75) is 32.6 Å². The van der Waals surface area contributed by atoms with Crippen LogP contribution in [-0.2, 0) is 0 Å². The Kier molecular flexibility index (Phi) is 7.47. The number of rotatable bonds is 1.